The molecule has 0 spiro atoms. The second kappa shape index (κ2) is 7.38. The van der Waals surface area contributed by atoms with Gasteiger partial charge in [-0.2, -0.15) is 0 Å². The Morgan fingerprint density at radius 3 is 2.71 bits per heavy atom. The predicted octanol–water partition coefficient (Wildman–Crippen LogP) is 3.79. The van der Waals surface area contributed by atoms with E-state index in [-0.39, 0.29) is 23.1 Å². The average molecular weight is 379 g/mol. The summed E-state index contributed by atoms with van der Waals surface area (Å²) < 4.78 is 16.6. The Morgan fingerprint density at radius 1 is 1.11 bits per heavy atom. The van der Waals surface area contributed by atoms with Crippen molar-refractivity contribution in [3.8, 4) is 11.5 Å². The van der Waals surface area contributed by atoms with Gasteiger partial charge in [-0.3, -0.25) is 9.59 Å². The molecule has 0 N–H and O–H groups in total. The van der Waals surface area contributed by atoms with Crippen molar-refractivity contribution < 1.29 is 18.7 Å². The van der Waals surface area contributed by atoms with E-state index in [2.05, 4.69) is 0 Å². The molecule has 28 heavy (non-hydrogen) atoms. The Bertz CT molecular complexity index is 1090. The zero-order valence-electron chi connectivity index (χ0n) is 15.8. The van der Waals surface area contributed by atoms with Gasteiger partial charge in [0, 0.05) is 18.2 Å². The van der Waals surface area contributed by atoms with Crippen LogP contribution >= 0.6 is 0 Å². The third-order valence-electron chi connectivity index (χ3n) is 5.15. The summed E-state index contributed by atoms with van der Waals surface area (Å²) in [5.74, 6) is 1.16. The minimum atomic E-state index is -0.296. The number of ether oxygens (including phenoxy) is 2. The number of rotatable bonds is 4. The van der Waals surface area contributed by atoms with Crippen LogP contribution in [0.1, 0.15) is 35.0 Å². The Morgan fingerprint density at radius 2 is 1.93 bits per heavy atom. The smallest absolute Gasteiger partial charge is 0.290 e. The van der Waals surface area contributed by atoms with Crippen LogP contribution in [0.2, 0.25) is 0 Å². The molecule has 4 rings (SSSR count). The van der Waals surface area contributed by atoms with Crippen LogP contribution in [0.5, 0.6) is 11.5 Å². The lowest BCUT2D eigenvalue weighted by molar-refractivity contribution is 0.0702. The van der Waals surface area contributed by atoms with Crippen LogP contribution in [0.3, 0.4) is 0 Å². The minimum Gasteiger partial charge on any atom is -0.497 e. The molecule has 0 saturated carbocycles. The molecule has 1 amide bonds. The van der Waals surface area contributed by atoms with Crippen LogP contribution in [0.25, 0.3) is 11.0 Å². The molecular formula is C22H21NO5. The second-order valence-electron chi connectivity index (χ2n) is 6.74. The molecule has 2 aromatic carbocycles. The van der Waals surface area contributed by atoms with Crippen molar-refractivity contribution in [3.63, 3.8) is 0 Å². The van der Waals surface area contributed by atoms with Crippen molar-refractivity contribution in [2.45, 2.75) is 18.9 Å². The Hall–Kier alpha value is -3.28. The predicted molar refractivity (Wildman–Crippen MR) is 105 cm³/mol. The number of benzene rings is 2. The highest BCUT2D eigenvalue weighted by atomic mass is 16.5. The summed E-state index contributed by atoms with van der Waals surface area (Å²) in [6.07, 6.45) is 1.65. The molecule has 6 nitrogen and oxygen atoms in total. The van der Waals surface area contributed by atoms with E-state index in [4.69, 9.17) is 13.9 Å². The van der Waals surface area contributed by atoms with Crippen molar-refractivity contribution in [1.82, 2.24) is 4.90 Å². The molecule has 1 aromatic heterocycles. The van der Waals surface area contributed by atoms with Gasteiger partial charge in [-0.1, -0.05) is 12.1 Å². The maximum atomic E-state index is 13.2. The Balaban J connectivity index is 1.73. The van der Waals surface area contributed by atoms with Crippen molar-refractivity contribution in [2.75, 3.05) is 20.8 Å². The Labute approximate surface area is 162 Å². The van der Waals surface area contributed by atoms with Crippen LogP contribution < -0.4 is 14.9 Å². The van der Waals surface area contributed by atoms with E-state index in [1.54, 1.807) is 43.4 Å². The molecule has 1 aliphatic heterocycles. The largest absolute Gasteiger partial charge is 0.497 e. The molecular weight excluding hydrogens is 358 g/mol. The van der Waals surface area contributed by atoms with Crippen molar-refractivity contribution in [2.24, 2.45) is 0 Å². The van der Waals surface area contributed by atoms with E-state index in [1.165, 1.54) is 6.07 Å². The number of nitrogens with zero attached hydrogens (tertiary/aromatic N) is 1. The lowest BCUT2D eigenvalue weighted by Gasteiger charge is -2.26. The van der Waals surface area contributed by atoms with Gasteiger partial charge in [0.25, 0.3) is 5.91 Å². The fourth-order valence-electron chi connectivity index (χ4n) is 3.78. The van der Waals surface area contributed by atoms with Gasteiger partial charge in [0.1, 0.15) is 17.1 Å². The number of amides is 1. The fourth-order valence-corrected chi connectivity index (χ4v) is 3.78. The average Bonchev–Trinajstić information content (AvgIpc) is 3.22. The van der Waals surface area contributed by atoms with Gasteiger partial charge >= 0.3 is 0 Å². The van der Waals surface area contributed by atoms with Crippen LogP contribution in [0.4, 0.5) is 0 Å². The van der Waals surface area contributed by atoms with E-state index < -0.39 is 0 Å². The second-order valence-corrected chi connectivity index (χ2v) is 6.74. The molecule has 1 unspecified atom stereocenters. The summed E-state index contributed by atoms with van der Waals surface area (Å²) in [6.45, 7) is 0.584. The van der Waals surface area contributed by atoms with Crippen molar-refractivity contribution in [3.05, 3.63) is 70.1 Å². The summed E-state index contributed by atoms with van der Waals surface area (Å²) in [6, 6.07) is 13.6. The molecule has 1 atom stereocenters. The first-order chi connectivity index (χ1) is 13.6. The first kappa shape index (κ1) is 18.1. The van der Waals surface area contributed by atoms with E-state index >= 15 is 0 Å². The number of hydrogen-bond acceptors (Lipinski definition) is 5. The lowest BCUT2D eigenvalue weighted by Crippen LogP contribution is -2.31. The van der Waals surface area contributed by atoms with E-state index in [0.717, 1.165) is 18.4 Å². The number of para-hydroxylation sites is 1. The first-order valence-corrected chi connectivity index (χ1v) is 9.18. The maximum Gasteiger partial charge on any atom is 0.290 e. The molecule has 6 heteroatoms. The van der Waals surface area contributed by atoms with Gasteiger partial charge in [0.15, 0.2) is 11.2 Å². The van der Waals surface area contributed by atoms with Crippen molar-refractivity contribution in [1.29, 1.82) is 0 Å². The van der Waals surface area contributed by atoms with Crippen LogP contribution in [-0.2, 0) is 0 Å². The number of likely N-dealkylation sites (tertiary alicyclic amines) is 1. The third kappa shape index (κ3) is 3.11. The zero-order valence-corrected chi connectivity index (χ0v) is 15.8. The fraction of sp³-hybridized carbons (Fsp3) is 0.273. The zero-order chi connectivity index (χ0) is 19.7. The SMILES string of the molecule is COc1ccc(OC)c(C2CCCN2C(=O)c2cc(=O)c3ccccc3o2)c1. The highest BCUT2D eigenvalue weighted by Gasteiger charge is 2.34. The van der Waals surface area contributed by atoms with E-state index in [1.807, 2.05) is 18.2 Å². The number of carbonyl (C=O) groups is 1. The molecule has 1 aliphatic rings. The summed E-state index contributed by atoms with van der Waals surface area (Å²) in [5.41, 5.74) is 1.07. The summed E-state index contributed by atoms with van der Waals surface area (Å²) in [5, 5.41) is 0.464. The molecule has 144 valence electrons. The number of methoxy groups -OCH3 is 2. The first-order valence-electron chi connectivity index (χ1n) is 9.18. The van der Waals surface area contributed by atoms with Crippen LogP contribution in [0.15, 0.2) is 57.7 Å². The van der Waals surface area contributed by atoms with Gasteiger partial charge in [0.05, 0.1) is 25.6 Å². The molecule has 1 saturated heterocycles. The maximum absolute atomic E-state index is 13.2. The molecule has 0 radical (unpaired) electrons. The molecule has 1 fully saturated rings. The van der Waals surface area contributed by atoms with E-state index in [9.17, 15) is 9.59 Å². The third-order valence-corrected chi connectivity index (χ3v) is 5.15. The van der Waals surface area contributed by atoms with Gasteiger partial charge in [-0.25, -0.2) is 0 Å². The normalized spacial score (nSPS) is 16.4. The molecule has 2 heterocycles. The summed E-state index contributed by atoms with van der Waals surface area (Å²) >= 11 is 0. The standard InChI is InChI=1S/C22H21NO5/c1-26-14-9-10-19(27-2)16(12-14)17-7-5-11-23(17)22(25)21-13-18(24)15-6-3-4-8-20(15)28-21/h3-4,6,8-10,12-13,17H,5,7,11H2,1-2H3. The van der Waals surface area contributed by atoms with Crippen LogP contribution in [0, 0.1) is 0 Å². The van der Waals surface area contributed by atoms with Gasteiger partial charge in [0.2, 0.25) is 0 Å². The van der Waals surface area contributed by atoms with Crippen molar-refractivity contribution >= 4 is 16.9 Å². The number of carbonyl (C=O) groups excluding carboxylic acids is 1. The highest BCUT2D eigenvalue weighted by Crippen LogP contribution is 2.39. The summed E-state index contributed by atoms with van der Waals surface area (Å²) in [7, 11) is 3.21. The van der Waals surface area contributed by atoms with Crippen LogP contribution in [-0.4, -0.2) is 31.6 Å². The van der Waals surface area contributed by atoms with Gasteiger partial charge < -0.3 is 18.8 Å². The molecule has 3 aromatic rings. The molecule has 0 aliphatic carbocycles. The monoisotopic (exact) mass is 379 g/mol. The van der Waals surface area contributed by atoms with Gasteiger partial charge in [-0.05, 0) is 43.2 Å². The summed E-state index contributed by atoms with van der Waals surface area (Å²) in [4.78, 5) is 27.3. The topological polar surface area (TPSA) is 69.0 Å². The highest BCUT2D eigenvalue weighted by molar-refractivity contribution is 5.93. The number of hydrogen-bond donors (Lipinski definition) is 0. The lowest BCUT2D eigenvalue weighted by atomic mass is 10.0. The quantitative estimate of drug-likeness (QED) is 0.690. The van der Waals surface area contributed by atoms with Gasteiger partial charge in [-0.15, -0.1) is 0 Å². The Kier molecular flexibility index (Phi) is 4.77. The molecule has 0 bridgehead atoms. The minimum absolute atomic E-state index is 0.0532. The number of fused-ring (bicyclic) bond motifs is 1. The van der Waals surface area contributed by atoms with E-state index in [0.29, 0.717) is 29.0 Å².